The predicted molar refractivity (Wildman–Crippen MR) is 69.0 cm³/mol. The van der Waals surface area contributed by atoms with Gasteiger partial charge in [-0.2, -0.15) is 0 Å². The average Bonchev–Trinajstić information content (AvgIpc) is 2.37. The highest BCUT2D eigenvalue weighted by atomic mass is 16.5. The van der Waals surface area contributed by atoms with E-state index in [0.717, 1.165) is 18.1 Å². The summed E-state index contributed by atoms with van der Waals surface area (Å²) in [4.78, 5) is 6.50. The lowest BCUT2D eigenvalue weighted by atomic mass is 10.1. The summed E-state index contributed by atoms with van der Waals surface area (Å²) < 4.78 is 10.9. The molecule has 1 aromatic heterocycles. The summed E-state index contributed by atoms with van der Waals surface area (Å²) in [6, 6.07) is 3.81. The summed E-state index contributed by atoms with van der Waals surface area (Å²) in [7, 11) is 1.62. The summed E-state index contributed by atoms with van der Waals surface area (Å²) in [6.07, 6.45) is 1.53. The summed E-state index contributed by atoms with van der Waals surface area (Å²) >= 11 is 0. The van der Waals surface area contributed by atoms with Crippen molar-refractivity contribution in [3.63, 3.8) is 0 Å². The SMILES string of the molecule is COc1ccc(N2CC(CO)OC(C)(C)C2)nc1. The van der Waals surface area contributed by atoms with E-state index in [9.17, 15) is 5.11 Å². The lowest BCUT2D eigenvalue weighted by molar-refractivity contribution is -0.101. The molecule has 0 spiro atoms. The zero-order chi connectivity index (χ0) is 13.2. The van der Waals surface area contributed by atoms with Crippen LogP contribution in [0.15, 0.2) is 18.3 Å². The normalized spacial score (nSPS) is 22.9. The molecular weight excluding hydrogens is 232 g/mol. The number of rotatable bonds is 3. The molecule has 1 aromatic rings. The molecule has 0 amide bonds. The van der Waals surface area contributed by atoms with E-state index in [1.165, 1.54) is 0 Å². The first kappa shape index (κ1) is 13.1. The fourth-order valence-corrected chi connectivity index (χ4v) is 2.25. The van der Waals surface area contributed by atoms with Gasteiger partial charge in [0.05, 0.1) is 31.6 Å². The van der Waals surface area contributed by atoms with Gasteiger partial charge in [0.25, 0.3) is 0 Å². The first-order valence-electron chi connectivity index (χ1n) is 6.08. The second-order valence-electron chi connectivity index (χ2n) is 5.12. The molecule has 1 aliphatic heterocycles. The molecule has 0 radical (unpaired) electrons. The van der Waals surface area contributed by atoms with E-state index in [1.54, 1.807) is 13.3 Å². The molecule has 2 heterocycles. The van der Waals surface area contributed by atoms with Gasteiger partial charge < -0.3 is 19.5 Å². The highest BCUT2D eigenvalue weighted by molar-refractivity contribution is 5.42. The van der Waals surface area contributed by atoms with E-state index in [0.29, 0.717) is 6.54 Å². The number of aromatic nitrogens is 1. The highest BCUT2D eigenvalue weighted by Crippen LogP contribution is 2.25. The van der Waals surface area contributed by atoms with Crippen LogP contribution < -0.4 is 9.64 Å². The van der Waals surface area contributed by atoms with Gasteiger partial charge in [-0.15, -0.1) is 0 Å². The first-order valence-corrected chi connectivity index (χ1v) is 6.08. The molecule has 1 saturated heterocycles. The summed E-state index contributed by atoms with van der Waals surface area (Å²) in [5, 5.41) is 9.28. The molecule has 1 N–H and O–H groups in total. The van der Waals surface area contributed by atoms with E-state index in [4.69, 9.17) is 9.47 Å². The predicted octanol–water partition coefficient (Wildman–Crippen LogP) is 1.07. The quantitative estimate of drug-likeness (QED) is 0.872. The van der Waals surface area contributed by atoms with Crippen molar-refractivity contribution in [3.8, 4) is 5.75 Å². The van der Waals surface area contributed by atoms with Gasteiger partial charge in [-0.1, -0.05) is 0 Å². The minimum atomic E-state index is -0.284. The maximum Gasteiger partial charge on any atom is 0.137 e. The number of pyridine rings is 1. The monoisotopic (exact) mass is 252 g/mol. The second kappa shape index (κ2) is 5.12. The molecule has 1 unspecified atom stereocenters. The van der Waals surface area contributed by atoms with E-state index >= 15 is 0 Å². The molecule has 2 rings (SSSR count). The number of morpholine rings is 1. The molecule has 0 saturated carbocycles. The number of ether oxygens (including phenoxy) is 2. The third-order valence-electron chi connectivity index (χ3n) is 2.97. The molecule has 1 atom stereocenters. The highest BCUT2D eigenvalue weighted by Gasteiger charge is 2.33. The molecule has 1 fully saturated rings. The molecule has 5 nitrogen and oxygen atoms in total. The van der Waals surface area contributed by atoms with Crippen LogP contribution in [0, 0.1) is 0 Å². The van der Waals surface area contributed by atoms with Crippen molar-refractivity contribution >= 4 is 5.82 Å². The molecule has 0 aromatic carbocycles. The van der Waals surface area contributed by atoms with Gasteiger partial charge >= 0.3 is 0 Å². The Labute approximate surface area is 107 Å². The van der Waals surface area contributed by atoms with Crippen molar-refractivity contribution in [1.82, 2.24) is 4.98 Å². The summed E-state index contributed by atoms with van der Waals surface area (Å²) in [5.41, 5.74) is -0.284. The number of anilines is 1. The van der Waals surface area contributed by atoms with Crippen molar-refractivity contribution in [2.75, 3.05) is 31.7 Å². The zero-order valence-corrected chi connectivity index (χ0v) is 11.1. The van der Waals surface area contributed by atoms with E-state index in [-0.39, 0.29) is 18.3 Å². The molecule has 5 heteroatoms. The van der Waals surface area contributed by atoms with Crippen LogP contribution >= 0.6 is 0 Å². The first-order chi connectivity index (χ1) is 8.54. The zero-order valence-electron chi connectivity index (χ0n) is 11.1. The molecule has 18 heavy (non-hydrogen) atoms. The Morgan fingerprint density at radius 1 is 1.56 bits per heavy atom. The van der Waals surface area contributed by atoms with E-state index in [2.05, 4.69) is 9.88 Å². The van der Waals surface area contributed by atoms with Crippen LogP contribution in [-0.4, -0.2) is 48.6 Å². The largest absolute Gasteiger partial charge is 0.495 e. The Morgan fingerprint density at radius 2 is 2.33 bits per heavy atom. The van der Waals surface area contributed by atoms with Crippen molar-refractivity contribution < 1.29 is 14.6 Å². The van der Waals surface area contributed by atoms with Crippen LogP contribution in [0.4, 0.5) is 5.82 Å². The van der Waals surface area contributed by atoms with Crippen molar-refractivity contribution in [2.45, 2.75) is 25.6 Å². The van der Waals surface area contributed by atoms with Crippen LogP contribution in [0.5, 0.6) is 5.75 Å². The van der Waals surface area contributed by atoms with Gasteiger partial charge in [0, 0.05) is 13.1 Å². The van der Waals surface area contributed by atoms with Crippen LogP contribution in [0.2, 0.25) is 0 Å². The van der Waals surface area contributed by atoms with Crippen LogP contribution in [0.3, 0.4) is 0 Å². The van der Waals surface area contributed by atoms with Gasteiger partial charge in [-0.3, -0.25) is 0 Å². The topological polar surface area (TPSA) is 54.8 Å². The van der Waals surface area contributed by atoms with Crippen molar-refractivity contribution in [3.05, 3.63) is 18.3 Å². The number of hydrogen-bond donors (Lipinski definition) is 1. The number of methoxy groups -OCH3 is 1. The Kier molecular flexibility index (Phi) is 3.73. The van der Waals surface area contributed by atoms with Crippen LogP contribution in [0.1, 0.15) is 13.8 Å². The number of nitrogens with zero attached hydrogens (tertiary/aromatic N) is 2. The molecular formula is C13H20N2O3. The maximum atomic E-state index is 9.28. The van der Waals surface area contributed by atoms with E-state index in [1.807, 2.05) is 26.0 Å². The smallest absolute Gasteiger partial charge is 0.137 e. The molecule has 100 valence electrons. The van der Waals surface area contributed by atoms with Gasteiger partial charge in [0.2, 0.25) is 0 Å². The van der Waals surface area contributed by atoms with Gasteiger partial charge in [-0.25, -0.2) is 4.98 Å². The number of hydrogen-bond acceptors (Lipinski definition) is 5. The number of aliphatic hydroxyl groups is 1. The fourth-order valence-electron chi connectivity index (χ4n) is 2.25. The molecule has 1 aliphatic rings. The van der Waals surface area contributed by atoms with Gasteiger partial charge in [-0.05, 0) is 26.0 Å². The maximum absolute atomic E-state index is 9.28. The minimum Gasteiger partial charge on any atom is -0.495 e. The Balaban J connectivity index is 2.15. The average molecular weight is 252 g/mol. The lowest BCUT2D eigenvalue weighted by Gasteiger charge is -2.42. The van der Waals surface area contributed by atoms with Crippen molar-refractivity contribution in [2.24, 2.45) is 0 Å². The third kappa shape index (κ3) is 2.91. The van der Waals surface area contributed by atoms with Crippen LogP contribution in [-0.2, 0) is 4.74 Å². The summed E-state index contributed by atoms with van der Waals surface area (Å²) in [6.45, 7) is 5.47. The van der Waals surface area contributed by atoms with Crippen LogP contribution in [0.25, 0.3) is 0 Å². The summed E-state index contributed by atoms with van der Waals surface area (Å²) in [5.74, 6) is 1.62. The second-order valence-corrected chi connectivity index (χ2v) is 5.12. The van der Waals surface area contributed by atoms with Gasteiger partial charge in [0.1, 0.15) is 11.6 Å². The Hall–Kier alpha value is -1.33. The fraction of sp³-hybridized carbons (Fsp3) is 0.615. The van der Waals surface area contributed by atoms with E-state index < -0.39 is 0 Å². The minimum absolute atomic E-state index is 0.0239. The number of aliphatic hydroxyl groups excluding tert-OH is 1. The third-order valence-corrected chi connectivity index (χ3v) is 2.97. The molecule has 0 bridgehead atoms. The lowest BCUT2D eigenvalue weighted by Crippen LogP contribution is -2.54. The van der Waals surface area contributed by atoms with Gasteiger partial charge in [0.15, 0.2) is 0 Å². The Morgan fingerprint density at radius 3 is 2.89 bits per heavy atom. The van der Waals surface area contributed by atoms with Crippen molar-refractivity contribution in [1.29, 1.82) is 0 Å². The Bertz CT molecular complexity index is 392. The molecule has 0 aliphatic carbocycles. The standard InChI is InChI=1S/C13H20N2O3/c1-13(2)9-15(7-11(8-16)18-13)12-5-4-10(17-3)6-14-12/h4-6,11,16H,7-9H2,1-3H3.